The van der Waals surface area contributed by atoms with Crippen molar-refractivity contribution in [2.75, 3.05) is 5.75 Å². The maximum absolute atomic E-state index is 12.4. The summed E-state index contributed by atoms with van der Waals surface area (Å²) in [7, 11) is 0. The number of rotatable bonds is 5. The van der Waals surface area contributed by atoms with Gasteiger partial charge in [0, 0.05) is 5.75 Å². The number of hydrogen-bond donors (Lipinski definition) is 0. The van der Waals surface area contributed by atoms with Crippen LogP contribution in [0.4, 0.5) is 13.2 Å². The predicted octanol–water partition coefficient (Wildman–Crippen LogP) is 4.28. The highest BCUT2D eigenvalue weighted by Gasteiger charge is 2.35. The van der Waals surface area contributed by atoms with E-state index in [9.17, 15) is 22.8 Å². The summed E-state index contributed by atoms with van der Waals surface area (Å²) in [5.41, 5.74) is 2.08. The molecule has 0 N–H and O–H groups in total. The van der Waals surface area contributed by atoms with Crippen molar-refractivity contribution in [3.8, 4) is 0 Å². The summed E-state index contributed by atoms with van der Waals surface area (Å²) < 4.78 is 37.0. The molecule has 0 saturated carbocycles. The summed E-state index contributed by atoms with van der Waals surface area (Å²) in [5.74, 6) is -1.52. The average Bonchev–Trinajstić information content (AvgIpc) is 2.81. The molecule has 1 aliphatic rings. The van der Waals surface area contributed by atoms with E-state index in [-0.39, 0.29) is 24.1 Å². The van der Waals surface area contributed by atoms with Gasteiger partial charge in [0.1, 0.15) is 0 Å². The van der Waals surface area contributed by atoms with Gasteiger partial charge in [-0.05, 0) is 23.3 Å². The number of benzene rings is 2. The van der Waals surface area contributed by atoms with E-state index in [0.29, 0.717) is 22.3 Å². The van der Waals surface area contributed by atoms with E-state index in [1.807, 2.05) is 0 Å². The van der Waals surface area contributed by atoms with E-state index in [0.717, 1.165) is 16.7 Å². The van der Waals surface area contributed by atoms with Crippen LogP contribution in [-0.2, 0) is 12.3 Å². The van der Waals surface area contributed by atoms with Crippen LogP contribution in [-0.4, -0.2) is 28.6 Å². The maximum atomic E-state index is 12.4. The Kier molecular flexibility index (Phi) is 4.85. The molecule has 0 aromatic heterocycles. The first-order valence-electron chi connectivity index (χ1n) is 7.53. The molecular formula is C18H14F3NO2S. The molecule has 25 heavy (non-hydrogen) atoms. The minimum Gasteiger partial charge on any atom is -0.270 e. The van der Waals surface area contributed by atoms with Crippen LogP contribution >= 0.6 is 11.8 Å². The molecule has 0 bridgehead atoms. The number of alkyl halides is 3. The van der Waals surface area contributed by atoms with Gasteiger partial charge in [-0.1, -0.05) is 36.4 Å². The SMILES string of the molecule is O=C1c2ccccc2C(=O)N1Cc1ccccc1CSCC(F)(F)F. The first-order valence-corrected chi connectivity index (χ1v) is 8.69. The normalized spacial score (nSPS) is 14.1. The van der Waals surface area contributed by atoms with E-state index in [2.05, 4.69) is 0 Å². The molecule has 0 radical (unpaired) electrons. The Morgan fingerprint density at radius 3 is 1.92 bits per heavy atom. The molecule has 7 heteroatoms. The van der Waals surface area contributed by atoms with Gasteiger partial charge in [-0.3, -0.25) is 14.5 Å². The van der Waals surface area contributed by atoms with Gasteiger partial charge in [0.05, 0.1) is 23.4 Å². The second kappa shape index (κ2) is 6.92. The van der Waals surface area contributed by atoms with Gasteiger partial charge in [0.25, 0.3) is 11.8 Å². The van der Waals surface area contributed by atoms with Crippen molar-refractivity contribution in [2.45, 2.75) is 18.5 Å². The predicted molar refractivity (Wildman–Crippen MR) is 89.3 cm³/mol. The lowest BCUT2D eigenvalue weighted by Crippen LogP contribution is -2.29. The van der Waals surface area contributed by atoms with Gasteiger partial charge in [-0.25, -0.2) is 0 Å². The Labute approximate surface area is 146 Å². The van der Waals surface area contributed by atoms with Gasteiger partial charge in [-0.15, -0.1) is 11.8 Å². The third-order valence-corrected chi connectivity index (χ3v) is 4.89. The van der Waals surface area contributed by atoms with E-state index in [1.165, 1.54) is 0 Å². The van der Waals surface area contributed by atoms with Gasteiger partial charge >= 0.3 is 6.18 Å². The quantitative estimate of drug-likeness (QED) is 0.743. The van der Waals surface area contributed by atoms with Gasteiger partial charge < -0.3 is 0 Å². The fourth-order valence-electron chi connectivity index (χ4n) is 2.68. The van der Waals surface area contributed by atoms with Gasteiger partial charge in [0.15, 0.2) is 0 Å². The van der Waals surface area contributed by atoms with E-state index in [1.54, 1.807) is 48.5 Å². The molecule has 2 amide bonds. The van der Waals surface area contributed by atoms with Gasteiger partial charge in [0.2, 0.25) is 0 Å². The van der Waals surface area contributed by atoms with Crippen LogP contribution < -0.4 is 0 Å². The highest BCUT2D eigenvalue weighted by Crippen LogP contribution is 2.28. The van der Waals surface area contributed by atoms with Crippen LogP contribution in [0.5, 0.6) is 0 Å². The summed E-state index contributed by atoms with van der Waals surface area (Å²) in [4.78, 5) is 26.0. The highest BCUT2D eigenvalue weighted by atomic mass is 32.2. The molecule has 0 fully saturated rings. The first-order chi connectivity index (χ1) is 11.9. The third-order valence-electron chi connectivity index (χ3n) is 3.85. The van der Waals surface area contributed by atoms with Crippen molar-refractivity contribution < 1.29 is 22.8 Å². The number of hydrogen-bond acceptors (Lipinski definition) is 3. The number of carbonyl (C=O) groups excluding carboxylic acids is 2. The number of imide groups is 1. The second-order valence-corrected chi connectivity index (χ2v) is 6.60. The molecule has 2 aromatic carbocycles. The van der Waals surface area contributed by atoms with Crippen molar-refractivity contribution >= 4 is 23.6 Å². The minimum atomic E-state index is -4.22. The fraction of sp³-hybridized carbons (Fsp3) is 0.222. The molecule has 1 aliphatic heterocycles. The molecule has 3 nitrogen and oxygen atoms in total. The number of halogens is 3. The Morgan fingerprint density at radius 2 is 1.36 bits per heavy atom. The third kappa shape index (κ3) is 3.87. The molecule has 1 heterocycles. The van der Waals surface area contributed by atoms with Crippen LogP contribution in [0.3, 0.4) is 0 Å². The molecule has 3 rings (SSSR count). The summed E-state index contributed by atoms with van der Waals surface area (Å²) in [6.45, 7) is 0.0507. The minimum absolute atomic E-state index is 0.0507. The largest absolute Gasteiger partial charge is 0.397 e. The topological polar surface area (TPSA) is 37.4 Å². The zero-order chi connectivity index (χ0) is 18.0. The Bertz CT molecular complexity index is 785. The van der Waals surface area contributed by atoms with Crippen molar-refractivity contribution in [1.82, 2.24) is 4.90 Å². The first kappa shape index (κ1) is 17.5. The van der Waals surface area contributed by atoms with Gasteiger partial charge in [-0.2, -0.15) is 13.2 Å². The number of thioether (sulfide) groups is 1. The Morgan fingerprint density at radius 1 is 0.840 bits per heavy atom. The summed E-state index contributed by atoms with van der Waals surface area (Å²) >= 11 is 0.761. The molecule has 2 aromatic rings. The molecule has 0 atom stereocenters. The molecule has 0 saturated heterocycles. The fourth-order valence-corrected chi connectivity index (χ4v) is 3.52. The molecule has 0 unspecified atom stereocenters. The Hall–Kier alpha value is -2.28. The van der Waals surface area contributed by atoms with Crippen molar-refractivity contribution in [2.24, 2.45) is 0 Å². The van der Waals surface area contributed by atoms with Crippen molar-refractivity contribution in [3.05, 3.63) is 70.8 Å². The second-order valence-electron chi connectivity index (χ2n) is 5.62. The number of carbonyl (C=O) groups is 2. The van der Waals surface area contributed by atoms with Crippen molar-refractivity contribution in [1.29, 1.82) is 0 Å². The lowest BCUT2D eigenvalue weighted by molar-refractivity contribution is -0.105. The van der Waals surface area contributed by atoms with Crippen LogP contribution in [0, 0.1) is 0 Å². The Balaban J connectivity index is 1.76. The number of nitrogens with zero attached hydrogens (tertiary/aromatic N) is 1. The van der Waals surface area contributed by atoms with Crippen molar-refractivity contribution in [3.63, 3.8) is 0 Å². The number of amides is 2. The maximum Gasteiger partial charge on any atom is 0.397 e. The van der Waals surface area contributed by atoms with E-state index < -0.39 is 11.9 Å². The smallest absolute Gasteiger partial charge is 0.270 e. The molecule has 130 valence electrons. The van der Waals surface area contributed by atoms with Crippen LogP contribution in [0.1, 0.15) is 31.8 Å². The van der Waals surface area contributed by atoms with Crippen LogP contribution in [0.15, 0.2) is 48.5 Å². The summed E-state index contributed by atoms with van der Waals surface area (Å²) in [5, 5.41) is 0. The van der Waals surface area contributed by atoms with Crippen LogP contribution in [0.2, 0.25) is 0 Å². The molecule has 0 aliphatic carbocycles. The molecular weight excluding hydrogens is 351 g/mol. The standard InChI is InChI=1S/C18H14F3NO2S/c19-18(20,21)11-25-10-13-6-2-1-5-12(13)9-22-16(23)14-7-3-4-8-15(14)17(22)24/h1-8H,9-11H2. The average molecular weight is 365 g/mol. The monoisotopic (exact) mass is 365 g/mol. The van der Waals surface area contributed by atoms with E-state index in [4.69, 9.17) is 0 Å². The van der Waals surface area contributed by atoms with Crippen LogP contribution in [0.25, 0.3) is 0 Å². The lowest BCUT2D eigenvalue weighted by atomic mass is 10.1. The summed E-state index contributed by atoms with van der Waals surface area (Å²) in [6.07, 6.45) is -4.22. The summed E-state index contributed by atoms with van der Waals surface area (Å²) in [6, 6.07) is 13.5. The zero-order valence-corrected chi connectivity index (χ0v) is 13.9. The number of fused-ring (bicyclic) bond motifs is 1. The highest BCUT2D eigenvalue weighted by molar-refractivity contribution is 7.98. The van der Waals surface area contributed by atoms with E-state index >= 15 is 0 Å². The molecule has 0 spiro atoms. The zero-order valence-electron chi connectivity index (χ0n) is 13.0. The lowest BCUT2D eigenvalue weighted by Gasteiger charge is -2.17.